The first-order valence-electron chi connectivity index (χ1n) is 10.0. The molecule has 0 aromatic heterocycles. The highest BCUT2D eigenvalue weighted by Gasteiger charge is 2.44. The molecule has 0 atom stereocenters. The molecule has 0 aliphatic carbocycles. The molecular formula is C22H24F6INO2. The fourth-order valence-corrected chi connectivity index (χ4v) is 4.17. The molecule has 2 aromatic rings. The van der Waals surface area contributed by atoms with Crippen LogP contribution in [0.1, 0.15) is 42.0 Å². The first kappa shape index (κ1) is 26.9. The summed E-state index contributed by atoms with van der Waals surface area (Å²) in [6, 6.07) is 8.31. The van der Waals surface area contributed by atoms with Gasteiger partial charge in [0.15, 0.2) is 0 Å². The molecule has 3 rings (SSSR count). The van der Waals surface area contributed by atoms with E-state index in [-0.39, 0.29) is 35.1 Å². The Balaban J connectivity index is 0.00000363. The first-order chi connectivity index (χ1) is 14.5. The summed E-state index contributed by atoms with van der Waals surface area (Å²) in [5, 5.41) is 12.7. The second-order valence-corrected chi connectivity index (χ2v) is 7.66. The molecule has 0 unspecified atom stereocenters. The highest BCUT2D eigenvalue weighted by molar-refractivity contribution is 5.40. The van der Waals surface area contributed by atoms with E-state index in [4.69, 9.17) is 4.84 Å². The zero-order chi connectivity index (χ0) is 22.9. The van der Waals surface area contributed by atoms with Gasteiger partial charge in [0, 0.05) is 18.8 Å². The predicted molar refractivity (Wildman–Crippen MR) is 101 cm³/mol. The van der Waals surface area contributed by atoms with Crippen LogP contribution in [0.4, 0.5) is 26.3 Å². The van der Waals surface area contributed by atoms with E-state index in [2.05, 4.69) is 0 Å². The van der Waals surface area contributed by atoms with Gasteiger partial charge in [-0.3, -0.25) is 0 Å². The Morgan fingerprint density at radius 1 is 0.781 bits per heavy atom. The van der Waals surface area contributed by atoms with Gasteiger partial charge in [0.2, 0.25) is 0 Å². The van der Waals surface area contributed by atoms with Crippen LogP contribution in [0.2, 0.25) is 0 Å². The smallest absolute Gasteiger partial charge is 0.416 e. The monoisotopic (exact) mass is 575 g/mol. The van der Waals surface area contributed by atoms with Gasteiger partial charge in [-0.25, -0.2) is 4.84 Å². The summed E-state index contributed by atoms with van der Waals surface area (Å²) in [4.78, 5) is 5.55. The van der Waals surface area contributed by atoms with Crippen molar-refractivity contribution in [2.45, 2.75) is 37.7 Å². The first-order valence-corrected chi connectivity index (χ1v) is 10.0. The number of hydroxylamine groups is 2. The zero-order valence-electron chi connectivity index (χ0n) is 17.2. The van der Waals surface area contributed by atoms with Crippen molar-refractivity contribution >= 4 is 0 Å². The van der Waals surface area contributed by atoms with Gasteiger partial charge in [-0.05, 0) is 42.3 Å². The van der Waals surface area contributed by atoms with Crippen molar-refractivity contribution in [2.75, 3.05) is 19.7 Å². The van der Waals surface area contributed by atoms with Crippen molar-refractivity contribution < 1.29 is 65.3 Å². The number of nitrogens with one attached hydrogen (secondary N) is 1. The average Bonchev–Trinajstić information content (AvgIpc) is 2.73. The lowest BCUT2D eigenvalue weighted by molar-refractivity contribution is -1.10. The minimum absolute atomic E-state index is 0. The maximum atomic E-state index is 13.0. The van der Waals surface area contributed by atoms with E-state index in [1.165, 1.54) is 24.3 Å². The summed E-state index contributed by atoms with van der Waals surface area (Å²) in [5.74, 6) is -0.398. The molecule has 1 aliphatic rings. The van der Waals surface area contributed by atoms with Gasteiger partial charge in [0.05, 0.1) is 11.1 Å². The van der Waals surface area contributed by atoms with Crippen LogP contribution < -0.4 is 29.0 Å². The Hall–Kier alpha value is -1.37. The molecule has 2 N–H and O–H groups in total. The Morgan fingerprint density at radius 2 is 1.12 bits per heavy atom. The summed E-state index contributed by atoms with van der Waals surface area (Å²) >= 11 is 0. The Bertz CT molecular complexity index is 802. The van der Waals surface area contributed by atoms with E-state index in [9.17, 15) is 31.4 Å². The maximum Gasteiger partial charge on any atom is 0.416 e. The van der Waals surface area contributed by atoms with Gasteiger partial charge in [0.1, 0.15) is 25.3 Å². The van der Waals surface area contributed by atoms with E-state index in [0.29, 0.717) is 32.5 Å². The average molecular weight is 575 g/mol. The van der Waals surface area contributed by atoms with E-state index in [1.807, 2.05) is 6.92 Å². The number of hydrogen-bond acceptors (Lipinski definition) is 2. The lowest BCUT2D eigenvalue weighted by atomic mass is 9.72. The summed E-state index contributed by atoms with van der Waals surface area (Å²) in [7, 11) is 0. The minimum Gasteiger partial charge on any atom is -1.00 e. The van der Waals surface area contributed by atoms with E-state index in [0.717, 1.165) is 29.3 Å². The van der Waals surface area contributed by atoms with Crippen LogP contribution in [-0.2, 0) is 22.8 Å². The van der Waals surface area contributed by atoms with Crippen LogP contribution >= 0.6 is 0 Å². The second-order valence-electron chi connectivity index (χ2n) is 7.66. The number of alkyl halides is 6. The molecule has 10 heteroatoms. The SMILES string of the molecule is CCO[NH+]1CCC(C(O)(c2ccc(C(F)(F)F)cc2)c2ccc(C(F)(F)F)cc2)CC1.[I-]. The molecule has 1 heterocycles. The highest BCUT2D eigenvalue weighted by Crippen LogP contribution is 2.42. The molecule has 178 valence electrons. The van der Waals surface area contributed by atoms with Crippen LogP contribution in [0.5, 0.6) is 0 Å². The van der Waals surface area contributed by atoms with Gasteiger partial charge in [-0.15, -0.1) is 0 Å². The normalized spacial score (nSPS) is 20.0. The van der Waals surface area contributed by atoms with Crippen LogP contribution in [0, 0.1) is 5.92 Å². The Labute approximate surface area is 199 Å². The molecule has 0 saturated carbocycles. The highest BCUT2D eigenvalue weighted by atomic mass is 127. The lowest BCUT2D eigenvalue weighted by Gasteiger charge is -2.40. The number of piperidine rings is 1. The quantitative estimate of drug-likeness (QED) is 0.416. The topological polar surface area (TPSA) is 33.9 Å². The minimum atomic E-state index is -4.53. The number of hydrogen-bond donors (Lipinski definition) is 2. The van der Waals surface area contributed by atoms with Crippen molar-refractivity contribution in [3.63, 3.8) is 0 Å². The third-order valence-corrected chi connectivity index (χ3v) is 5.79. The van der Waals surface area contributed by atoms with E-state index in [1.54, 1.807) is 0 Å². The fraction of sp³-hybridized carbons (Fsp3) is 0.455. The zero-order valence-corrected chi connectivity index (χ0v) is 19.4. The molecular weight excluding hydrogens is 551 g/mol. The number of halogens is 7. The molecule has 2 aromatic carbocycles. The molecule has 3 nitrogen and oxygen atoms in total. The summed E-state index contributed by atoms with van der Waals surface area (Å²) in [6.07, 6.45) is -8.07. The van der Waals surface area contributed by atoms with Crippen LogP contribution in [0.25, 0.3) is 0 Å². The van der Waals surface area contributed by atoms with Crippen molar-refractivity contribution in [1.82, 2.24) is 0 Å². The Kier molecular flexibility index (Phi) is 8.63. The molecule has 0 radical (unpaired) electrons. The summed E-state index contributed by atoms with van der Waals surface area (Å²) < 4.78 is 77.9. The van der Waals surface area contributed by atoms with E-state index >= 15 is 0 Å². The molecule has 0 bridgehead atoms. The van der Waals surface area contributed by atoms with Gasteiger partial charge >= 0.3 is 12.4 Å². The van der Waals surface area contributed by atoms with Gasteiger partial charge < -0.3 is 29.1 Å². The maximum absolute atomic E-state index is 13.0. The van der Waals surface area contributed by atoms with Gasteiger partial charge in [-0.2, -0.15) is 31.4 Å². The van der Waals surface area contributed by atoms with Crippen molar-refractivity contribution in [3.05, 3.63) is 70.8 Å². The number of aliphatic hydroxyl groups is 1. The molecule has 0 spiro atoms. The van der Waals surface area contributed by atoms with Crippen molar-refractivity contribution in [2.24, 2.45) is 5.92 Å². The third kappa shape index (κ3) is 5.75. The predicted octanol–water partition coefficient (Wildman–Crippen LogP) is 1.21. The molecule has 32 heavy (non-hydrogen) atoms. The third-order valence-electron chi connectivity index (χ3n) is 5.79. The Morgan fingerprint density at radius 3 is 1.44 bits per heavy atom. The van der Waals surface area contributed by atoms with Crippen LogP contribution in [0.15, 0.2) is 48.5 Å². The fourth-order valence-electron chi connectivity index (χ4n) is 4.17. The molecule has 0 amide bonds. The van der Waals surface area contributed by atoms with Gasteiger partial charge in [0.25, 0.3) is 0 Å². The van der Waals surface area contributed by atoms with Crippen LogP contribution in [-0.4, -0.2) is 24.8 Å². The molecule has 1 fully saturated rings. The number of rotatable bonds is 5. The largest absolute Gasteiger partial charge is 1.00 e. The van der Waals surface area contributed by atoms with Crippen LogP contribution in [0.3, 0.4) is 0 Å². The lowest BCUT2D eigenvalue weighted by Crippen LogP contribution is -3.12. The van der Waals surface area contributed by atoms with Crippen molar-refractivity contribution in [1.29, 1.82) is 0 Å². The summed E-state index contributed by atoms with van der Waals surface area (Å²) in [5.41, 5.74) is -3.02. The van der Waals surface area contributed by atoms with Gasteiger partial charge in [-0.1, -0.05) is 24.3 Å². The van der Waals surface area contributed by atoms with E-state index < -0.39 is 35.0 Å². The molecule has 1 saturated heterocycles. The standard InChI is InChI=1S/C22H23F6NO2.HI/c1-2-31-29-13-11-17(12-14-29)20(30,15-3-7-18(8-4-15)21(23,24)25)16-5-9-19(10-6-16)22(26,27)28;/h3-10,17,30H,2,11-14H2,1H3;1H. The van der Waals surface area contributed by atoms with Crippen molar-refractivity contribution in [3.8, 4) is 0 Å². The number of benzene rings is 2. The summed E-state index contributed by atoms with van der Waals surface area (Å²) in [6.45, 7) is 3.52. The molecule has 1 aliphatic heterocycles. The number of quaternary nitrogens is 1. The second kappa shape index (κ2) is 10.3.